The van der Waals surface area contributed by atoms with Crippen LogP contribution in [0.5, 0.6) is 5.75 Å². The van der Waals surface area contributed by atoms with Crippen molar-refractivity contribution in [1.29, 1.82) is 0 Å². The highest BCUT2D eigenvalue weighted by molar-refractivity contribution is 7.89. The molecule has 0 radical (unpaired) electrons. The number of nitrogens with two attached hydrogens (primary N) is 1. The van der Waals surface area contributed by atoms with Gasteiger partial charge in [0.05, 0.1) is 10.6 Å². The summed E-state index contributed by atoms with van der Waals surface area (Å²) in [5.74, 6) is 1.29. The number of benzene rings is 3. The standard InChI is InChI=1S/C22H17Cl2N3O3S/c23-16-3-7-19(8-4-16)27-13-18(14-30-20-9-5-17(24)6-10-20)26-22(27)15-1-11-21(12-2-15)31(25,28)29/h1-13H,14H2,(H2,25,28,29). The molecule has 1 heterocycles. The minimum atomic E-state index is -3.78. The van der Waals surface area contributed by atoms with Crippen LogP contribution in [0.1, 0.15) is 5.69 Å². The lowest BCUT2D eigenvalue weighted by atomic mass is 10.2. The fraction of sp³-hybridized carbons (Fsp3) is 0.0455. The number of hydrogen-bond acceptors (Lipinski definition) is 4. The summed E-state index contributed by atoms with van der Waals surface area (Å²) in [4.78, 5) is 4.74. The Hall–Kier alpha value is -2.84. The molecule has 0 fully saturated rings. The van der Waals surface area contributed by atoms with Crippen LogP contribution in [0, 0.1) is 0 Å². The maximum atomic E-state index is 11.6. The lowest BCUT2D eigenvalue weighted by Gasteiger charge is -2.08. The van der Waals surface area contributed by atoms with Crippen LogP contribution in [0.25, 0.3) is 17.1 Å². The van der Waals surface area contributed by atoms with Crippen molar-refractivity contribution in [3.63, 3.8) is 0 Å². The minimum Gasteiger partial charge on any atom is -0.487 e. The van der Waals surface area contributed by atoms with Gasteiger partial charge < -0.3 is 4.74 Å². The quantitative estimate of drug-likeness (QED) is 0.423. The summed E-state index contributed by atoms with van der Waals surface area (Å²) in [5.41, 5.74) is 2.26. The van der Waals surface area contributed by atoms with Crippen LogP contribution in [-0.2, 0) is 16.6 Å². The zero-order chi connectivity index (χ0) is 22.0. The zero-order valence-electron chi connectivity index (χ0n) is 16.1. The molecular weight excluding hydrogens is 457 g/mol. The SMILES string of the molecule is NS(=O)(=O)c1ccc(-c2nc(COc3ccc(Cl)cc3)cn2-c2ccc(Cl)cc2)cc1. The average molecular weight is 474 g/mol. The lowest BCUT2D eigenvalue weighted by molar-refractivity contribution is 0.302. The molecule has 9 heteroatoms. The third kappa shape index (κ3) is 5.08. The van der Waals surface area contributed by atoms with Crippen molar-refractivity contribution in [3.8, 4) is 22.8 Å². The fourth-order valence-electron chi connectivity index (χ4n) is 2.98. The number of aromatic nitrogens is 2. The van der Waals surface area contributed by atoms with Crippen LogP contribution in [0.15, 0.2) is 83.9 Å². The van der Waals surface area contributed by atoms with E-state index in [9.17, 15) is 8.42 Å². The number of halogens is 2. The van der Waals surface area contributed by atoms with Crippen LogP contribution < -0.4 is 9.88 Å². The van der Waals surface area contributed by atoms with Gasteiger partial charge in [-0.25, -0.2) is 18.5 Å². The molecule has 0 saturated heterocycles. The summed E-state index contributed by atoms with van der Waals surface area (Å²) in [7, 11) is -3.78. The first-order valence-corrected chi connectivity index (χ1v) is 11.5. The van der Waals surface area contributed by atoms with Crippen LogP contribution >= 0.6 is 23.2 Å². The molecule has 2 N–H and O–H groups in total. The van der Waals surface area contributed by atoms with Crippen molar-refractivity contribution in [2.24, 2.45) is 5.14 Å². The second kappa shape index (κ2) is 8.72. The van der Waals surface area contributed by atoms with Crippen LogP contribution in [0.3, 0.4) is 0 Å². The van der Waals surface area contributed by atoms with E-state index in [1.54, 1.807) is 48.5 Å². The predicted molar refractivity (Wildman–Crippen MR) is 121 cm³/mol. The van der Waals surface area contributed by atoms with E-state index in [0.717, 1.165) is 11.3 Å². The zero-order valence-corrected chi connectivity index (χ0v) is 18.4. The number of rotatable bonds is 6. The van der Waals surface area contributed by atoms with Crippen molar-refractivity contribution < 1.29 is 13.2 Å². The molecule has 0 amide bonds. The smallest absolute Gasteiger partial charge is 0.238 e. The number of sulfonamides is 1. The van der Waals surface area contributed by atoms with E-state index >= 15 is 0 Å². The van der Waals surface area contributed by atoms with E-state index in [2.05, 4.69) is 0 Å². The Morgan fingerprint density at radius 3 is 2.03 bits per heavy atom. The summed E-state index contributed by atoms with van der Waals surface area (Å²) < 4.78 is 30.8. The number of ether oxygens (including phenoxy) is 1. The number of primary sulfonamides is 1. The molecule has 0 aliphatic rings. The molecule has 1 aromatic heterocycles. The molecule has 3 aromatic carbocycles. The molecule has 0 atom stereocenters. The van der Waals surface area contributed by atoms with Gasteiger partial charge in [0, 0.05) is 27.5 Å². The van der Waals surface area contributed by atoms with Gasteiger partial charge in [-0.2, -0.15) is 0 Å². The highest BCUT2D eigenvalue weighted by Gasteiger charge is 2.14. The van der Waals surface area contributed by atoms with E-state index in [1.165, 1.54) is 12.1 Å². The largest absolute Gasteiger partial charge is 0.487 e. The van der Waals surface area contributed by atoms with Gasteiger partial charge in [0.2, 0.25) is 10.0 Å². The summed E-state index contributed by atoms with van der Waals surface area (Å²) >= 11 is 11.9. The van der Waals surface area contributed by atoms with E-state index in [1.807, 2.05) is 22.9 Å². The first-order valence-electron chi connectivity index (χ1n) is 9.15. The summed E-state index contributed by atoms with van der Waals surface area (Å²) in [6.07, 6.45) is 1.86. The van der Waals surface area contributed by atoms with Gasteiger partial charge in [-0.15, -0.1) is 0 Å². The second-order valence-electron chi connectivity index (χ2n) is 6.71. The molecule has 0 unspecified atom stereocenters. The topological polar surface area (TPSA) is 87.2 Å². The van der Waals surface area contributed by atoms with Crippen molar-refractivity contribution in [2.75, 3.05) is 0 Å². The maximum Gasteiger partial charge on any atom is 0.238 e. The molecular formula is C22H17Cl2N3O3S. The average Bonchev–Trinajstić information content (AvgIpc) is 3.18. The van der Waals surface area contributed by atoms with Gasteiger partial charge in [-0.05, 0) is 72.8 Å². The van der Waals surface area contributed by atoms with Gasteiger partial charge in [-0.1, -0.05) is 23.2 Å². The fourth-order valence-corrected chi connectivity index (χ4v) is 3.75. The third-order valence-electron chi connectivity index (χ3n) is 4.50. The Morgan fingerprint density at radius 2 is 1.45 bits per heavy atom. The second-order valence-corrected chi connectivity index (χ2v) is 9.15. The molecule has 0 aliphatic carbocycles. The van der Waals surface area contributed by atoms with Gasteiger partial charge in [0.25, 0.3) is 0 Å². The van der Waals surface area contributed by atoms with Crippen LogP contribution in [0.2, 0.25) is 10.0 Å². The number of imidazole rings is 1. The van der Waals surface area contributed by atoms with Crippen molar-refractivity contribution in [1.82, 2.24) is 9.55 Å². The van der Waals surface area contributed by atoms with Gasteiger partial charge in [0.15, 0.2) is 0 Å². The first kappa shape index (κ1) is 21.4. The molecule has 0 saturated carbocycles. The Kier molecular flexibility index (Phi) is 6.02. The van der Waals surface area contributed by atoms with E-state index < -0.39 is 10.0 Å². The Bertz CT molecular complexity index is 1300. The van der Waals surface area contributed by atoms with Gasteiger partial charge >= 0.3 is 0 Å². The van der Waals surface area contributed by atoms with E-state index in [-0.39, 0.29) is 11.5 Å². The van der Waals surface area contributed by atoms with Crippen LogP contribution in [-0.4, -0.2) is 18.0 Å². The Morgan fingerprint density at radius 1 is 0.871 bits per heavy atom. The summed E-state index contributed by atoms with van der Waals surface area (Å²) in [5, 5.41) is 6.45. The molecule has 4 aromatic rings. The van der Waals surface area contributed by atoms with E-state index in [4.69, 9.17) is 38.1 Å². The third-order valence-corrected chi connectivity index (χ3v) is 5.94. The normalized spacial score (nSPS) is 11.5. The van der Waals surface area contributed by atoms with Crippen molar-refractivity contribution in [3.05, 3.63) is 94.7 Å². The molecule has 31 heavy (non-hydrogen) atoms. The Labute approximate surface area is 189 Å². The van der Waals surface area contributed by atoms with E-state index in [0.29, 0.717) is 27.3 Å². The highest BCUT2D eigenvalue weighted by Crippen LogP contribution is 2.26. The monoisotopic (exact) mass is 473 g/mol. The van der Waals surface area contributed by atoms with Gasteiger partial charge in [0.1, 0.15) is 18.2 Å². The molecule has 158 valence electrons. The van der Waals surface area contributed by atoms with Gasteiger partial charge in [-0.3, -0.25) is 4.57 Å². The summed E-state index contributed by atoms with van der Waals surface area (Å²) in [6.45, 7) is 0.241. The van der Waals surface area contributed by atoms with Crippen molar-refractivity contribution >= 4 is 33.2 Å². The lowest BCUT2D eigenvalue weighted by Crippen LogP contribution is -2.11. The molecule has 0 aliphatic heterocycles. The number of hydrogen-bond donors (Lipinski definition) is 1. The Balaban J connectivity index is 1.70. The predicted octanol–water partition coefficient (Wildman–Crippen LogP) is 5.07. The molecule has 0 bridgehead atoms. The maximum absolute atomic E-state index is 11.6. The van der Waals surface area contributed by atoms with Crippen LogP contribution in [0.4, 0.5) is 0 Å². The number of nitrogens with zero attached hydrogens (tertiary/aromatic N) is 2. The molecule has 4 rings (SSSR count). The molecule has 0 spiro atoms. The minimum absolute atomic E-state index is 0.0344. The molecule has 6 nitrogen and oxygen atoms in total. The van der Waals surface area contributed by atoms with Crippen molar-refractivity contribution in [2.45, 2.75) is 11.5 Å². The first-order chi connectivity index (χ1) is 14.8. The highest BCUT2D eigenvalue weighted by atomic mass is 35.5. The summed E-state index contributed by atoms with van der Waals surface area (Å²) in [6, 6.07) is 20.6.